The molecule has 0 aliphatic heterocycles. The van der Waals surface area contributed by atoms with Gasteiger partial charge in [-0.3, -0.25) is 4.79 Å². The molecule has 0 unspecified atom stereocenters. The minimum atomic E-state index is -4.13. The number of rotatable bonds is 9. The van der Waals surface area contributed by atoms with Gasteiger partial charge in [0, 0.05) is 24.7 Å². The van der Waals surface area contributed by atoms with Gasteiger partial charge in [-0.2, -0.15) is 18.4 Å². The fourth-order valence-corrected chi connectivity index (χ4v) is 3.18. The Labute approximate surface area is 181 Å². The molecule has 2 aromatic heterocycles. The Morgan fingerprint density at radius 1 is 1.22 bits per heavy atom. The van der Waals surface area contributed by atoms with E-state index in [9.17, 15) is 18.0 Å². The Morgan fingerprint density at radius 2 is 1.97 bits per heavy atom. The number of nitrogens with zero attached hydrogens (tertiary/aromatic N) is 3. The van der Waals surface area contributed by atoms with Crippen LogP contribution in [0, 0.1) is 5.41 Å². The third-order valence-corrected chi connectivity index (χ3v) is 4.75. The van der Waals surface area contributed by atoms with Crippen LogP contribution in [0.15, 0.2) is 47.4 Å². The number of unbranched alkanes of at least 4 members (excludes halogenated alkanes) is 1. The number of benzene rings is 1. The number of pyridine rings is 1. The molecule has 4 N–H and O–H groups in total. The Morgan fingerprint density at radius 3 is 2.59 bits per heavy atom. The highest BCUT2D eigenvalue weighted by atomic mass is 19.4. The first-order chi connectivity index (χ1) is 15.3. The number of aryl methyl sites for hydroxylation is 1. The largest absolute Gasteiger partial charge is 0.394 e. The van der Waals surface area contributed by atoms with Crippen LogP contribution in [0.25, 0.3) is 22.6 Å². The number of aromatic nitrogens is 5. The summed E-state index contributed by atoms with van der Waals surface area (Å²) in [5.41, 5.74) is 2.15. The molecule has 0 saturated carbocycles. The molecule has 0 aliphatic carbocycles. The van der Waals surface area contributed by atoms with Crippen molar-refractivity contribution in [3.63, 3.8) is 0 Å². The number of aromatic amines is 2. The normalized spacial score (nSPS) is 11.8. The van der Waals surface area contributed by atoms with Crippen molar-refractivity contribution in [2.45, 2.75) is 31.9 Å². The van der Waals surface area contributed by atoms with Gasteiger partial charge in [0.1, 0.15) is 0 Å². The predicted octanol–water partition coefficient (Wildman–Crippen LogP) is 3.60. The molecule has 168 valence electrons. The van der Waals surface area contributed by atoms with Gasteiger partial charge in [-0.05, 0) is 53.9 Å². The third kappa shape index (κ3) is 5.90. The van der Waals surface area contributed by atoms with E-state index in [-0.39, 0.29) is 23.5 Å². The summed E-state index contributed by atoms with van der Waals surface area (Å²) < 4.78 is 36.8. The van der Waals surface area contributed by atoms with Gasteiger partial charge in [-0.15, -0.1) is 10.2 Å². The van der Waals surface area contributed by atoms with Gasteiger partial charge in [0.2, 0.25) is 5.82 Å². The lowest BCUT2D eigenvalue weighted by Crippen LogP contribution is -2.16. The fraction of sp³-hybridized carbons (Fsp3) is 0.286. The van der Waals surface area contributed by atoms with Crippen LogP contribution >= 0.6 is 0 Å². The molecular formula is C21H22F3N7O. The zero-order chi connectivity index (χ0) is 23.1. The average Bonchev–Trinajstić information content (AvgIpc) is 3.28. The molecule has 0 bridgehead atoms. The molecule has 11 heteroatoms. The molecule has 0 fully saturated rings. The summed E-state index contributed by atoms with van der Waals surface area (Å²) in [7, 11) is 1.69. The molecule has 1 aromatic carbocycles. The first-order valence-corrected chi connectivity index (χ1v) is 9.88. The van der Waals surface area contributed by atoms with Crippen LogP contribution in [-0.2, 0) is 6.42 Å². The van der Waals surface area contributed by atoms with Gasteiger partial charge in [0.15, 0.2) is 0 Å². The van der Waals surface area contributed by atoms with E-state index in [1.807, 2.05) is 12.1 Å². The second kappa shape index (κ2) is 10.0. The van der Waals surface area contributed by atoms with Crippen LogP contribution in [0.4, 0.5) is 13.2 Å². The van der Waals surface area contributed by atoms with Crippen LogP contribution < -0.4 is 10.9 Å². The maximum atomic E-state index is 12.8. The second-order valence-electron chi connectivity index (χ2n) is 7.09. The molecule has 8 nitrogen and oxygen atoms in total. The Kier molecular flexibility index (Phi) is 7.18. The van der Waals surface area contributed by atoms with E-state index in [1.165, 1.54) is 6.08 Å². The standard InChI is InChI=1S/C21H22F3N7O/c1-26-11-9-16(25)15-12-17(27-20(32)18(15)19-28-30-31-29-19)14-7-5-13(6-8-14)4-2-3-10-21(22,23)24/h5-9,11-12,25-26H,2-4,10H2,1H3,(H,27,32)(H,28,29,30,31)/b11-9-,25-16?. The van der Waals surface area contributed by atoms with Crippen LogP contribution in [0.5, 0.6) is 0 Å². The second-order valence-corrected chi connectivity index (χ2v) is 7.09. The van der Waals surface area contributed by atoms with Crippen LogP contribution in [0.3, 0.4) is 0 Å². The van der Waals surface area contributed by atoms with Crippen molar-refractivity contribution in [3.8, 4) is 22.6 Å². The molecule has 32 heavy (non-hydrogen) atoms. The fourth-order valence-electron chi connectivity index (χ4n) is 3.18. The first kappa shape index (κ1) is 22.9. The number of halogens is 3. The summed E-state index contributed by atoms with van der Waals surface area (Å²) in [5, 5.41) is 24.7. The predicted molar refractivity (Wildman–Crippen MR) is 114 cm³/mol. The summed E-state index contributed by atoms with van der Waals surface area (Å²) in [5.74, 6) is 0.0737. The monoisotopic (exact) mass is 445 g/mol. The molecule has 0 aliphatic rings. The van der Waals surface area contributed by atoms with E-state index in [4.69, 9.17) is 5.41 Å². The van der Waals surface area contributed by atoms with Crippen molar-refractivity contribution in [2.24, 2.45) is 0 Å². The van der Waals surface area contributed by atoms with E-state index >= 15 is 0 Å². The number of hydrogen-bond acceptors (Lipinski definition) is 6. The zero-order valence-electron chi connectivity index (χ0n) is 17.3. The van der Waals surface area contributed by atoms with Crippen molar-refractivity contribution in [3.05, 3.63) is 64.1 Å². The Bertz CT molecular complexity index is 1130. The molecule has 3 aromatic rings. The molecular weight excluding hydrogens is 423 g/mol. The number of nitrogens with one attached hydrogen (secondary N) is 4. The summed E-state index contributed by atoms with van der Waals surface area (Å²) in [6.07, 6.45) is -0.778. The van der Waals surface area contributed by atoms with Crippen molar-refractivity contribution in [2.75, 3.05) is 7.05 Å². The maximum absolute atomic E-state index is 12.8. The number of tetrazole rings is 1. The van der Waals surface area contributed by atoms with Gasteiger partial charge in [-0.1, -0.05) is 24.3 Å². The van der Waals surface area contributed by atoms with Gasteiger partial charge in [-0.25, -0.2) is 0 Å². The van der Waals surface area contributed by atoms with E-state index in [1.54, 1.807) is 31.4 Å². The van der Waals surface area contributed by atoms with Gasteiger partial charge < -0.3 is 15.7 Å². The summed E-state index contributed by atoms with van der Waals surface area (Å²) in [4.78, 5) is 15.6. The van der Waals surface area contributed by atoms with E-state index < -0.39 is 18.2 Å². The van der Waals surface area contributed by atoms with Gasteiger partial charge >= 0.3 is 6.18 Å². The highest BCUT2D eigenvalue weighted by molar-refractivity contribution is 6.10. The number of allylic oxidation sites excluding steroid dienone is 1. The Hall–Kier alpha value is -3.76. The summed E-state index contributed by atoms with van der Waals surface area (Å²) in [6.45, 7) is 0. The zero-order valence-corrected chi connectivity index (χ0v) is 17.3. The number of hydrogen-bond donors (Lipinski definition) is 4. The molecule has 0 saturated heterocycles. The Balaban J connectivity index is 1.86. The SMILES string of the molecule is CN/C=C\C(=N)c1cc(-c2ccc(CCCCC(F)(F)F)cc2)[nH]c(=O)c1-c1nn[nH]n1. The van der Waals surface area contributed by atoms with Crippen molar-refractivity contribution in [1.29, 1.82) is 5.41 Å². The van der Waals surface area contributed by atoms with Crippen LogP contribution in [0.2, 0.25) is 0 Å². The molecule has 2 heterocycles. The molecule has 0 atom stereocenters. The molecule has 0 amide bonds. The topological polar surface area (TPSA) is 123 Å². The number of H-pyrrole nitrogens is 2. The highest BCUT2D eigenvalue weighted by Crippen LogP contribution is 2.25. The van der Waals surface area contributed by atoms with E-state index in [0.717, 1.165) is 5.56 Å². The lowest BCUT2D eigenvalue weighted by molar-refractivity contribution is -0.135. The highest BCUT2D eigenvalue weighted by Gasteiger charge is 2.25. The smallest absolute Gasteiger partial charge is 0.389 e. The van der Waals surface area contributed by atoms with Crippen LogP contribution in [0.1, 0.15) is 30.4 Å². The first-order valence-electron chi connectivity index (χ1n) is 9.88. The van der Waals surface area contributed by atoms with Crippen molar-refractivity contribution >= 4 is 5.71 Å². The van der Waals surface area contributed by atoms with Crippen molar-refractivity contribution in [1.82, 2.24) is 30.9 Å². The maximum Gasteiger partial charge on any atom is 0.389 e. The van der Waals surface area contributed by atoms with Gasteiger partial charge in [0.25, 0.3) is 5.56 Å². The quantitative estimate of drug-likeness (QED) is 0.296. The van der Waals surface area contributed by atoms with Crippen LogP contribution in [-0.4, -0.2) is 44.5 Å². The molecule has 0 spiro atoms. The van der Waals surface area contributed by atoms with E-state index in [0.29, 0.717) is 29.7 Å². The lowest BCUT2D eigenvalue weighted by atomic mass is 9.99. The minimum Gasteiger partial charge on any atom is -0.394 e. The molecule has 0 radical (unpaired) electrons. The van der Waals surface area contributed by atoms with Crippen molar-refractivity contribution < 1.29 is 13.2 Å². The van der Waals surface area contributed by atoms with E-state index in [2.05, 4.69) is 30.9 Å². The minimum absolute atomic E-state index is 0.0737. The average molecular weight is 445 g/mol. The summed E-state index contributed by atoms with van der Waals surface area (Å²) >= 11 is 0. The van der Waals surface area contributed by atoms with Gasteiger partial charge in [0.05, 0.1) is 11.3 Å². The lowest BCUT2D eigenvalue weighted by Gasteiger charge is -2.10. The summed E-state index contributed by atoms with van der Waals surface area (Å²) in [6, 6.07) is 8.87. The molecule has 3 rings (SSSR count). The number of alkyl halides is 3. The third-order valence-electron chi connectivity index (χ3n) is 4.75.